The summed E-state index contributed by atoms with van der Waals surface area (Å²) in [7, 11) is 1.53. The number of carbonyl (C=O) groups excluding carboxylic acids is 1. The highest BCUT2D eigenvalue weighted by Crippen LogP contribution is 2.37. The van der Waals surface area contributed by atoms with Crippen LogP contribution in [0.15, 0.2) is 4.79 Å². The molecule has 1 aromatic rings. The summed E-state index contributed by atoms with van der Waals surface area (Å²) >= 11 is 0. The molecule has 1 heterocycles. The molecule has 7 heteroatoms. The standard InChI is InChI=1S/C12H17N3O4/c1-7-9(12(17)15-19-6-5-18-2)11(16)14-10(13-7)8-3-4-8/h8H,3-6H2,1-2H3,(H,15,17)(H,13,14,16). The molecule has 1 aliphatic rings. The van der Waals surface area contributed by atoms with Gasteiger partial charge in [-0.05, 0) is 19.8 Å². The number of aromatic nitrogens is 2. The van der Waals surface area contributed by atoms with Crippen molar-refractivity contribution in [2.75, 3.05) is 20.3 Å². The van der Waals surface area contributed by atoms with Gasteiger partial charge in [0.1, 0.15) is 11.4 Å². The Balaban J connectivity index is 2.06. The van der Waals surface area contributed by atoms with E-state index >= 15 is 0 Å². The highest BCUT2D eigenvalue weighted by atomic mass is 16.7. The first-order chi connectivity index (χ1) is 9.13. The summed E-state index contributed by atoms with van der Waals surface area (Å²) in [4.78, 5) is 35.5. The maximum absolute atomic E-state index is 11.9. The van der Waals surface area contributed by atoms with Gasteiger partial charge in [0, 0.05) is 13.0 Å². The van der Waals surface area contributed by atoms with Crippen molar-refractivity contribution in [3.05, 3.63) is 27.4 Å². The third-order valence-electron chi connectivity index (χ3n) is 2.86. The van der Waals surface area contributed by atoms with Crippen molar-refractivity contribution >= 4 is 5.91 Å². The van der Waals surface area contributed by atoms with E-state index in [1.54, 1.807) is 6.92 Å². The van der Waals surface area contributed by atoms with Gasteiger partial charge in [0.2, 0.25) is 0 Å². The summed E-state index contributed by atoms with van der Waals surface area (Å²) in [6, 6.07) is 0. The number of carbonyl (C=O) groups is 1. The second kappa shape index (κ2) is 5.94. The van der Waals surface area contributed by atoms with Crippen molar-refractivity contribution in [3.63, 3.8) is 0 Å². The highest BCUT2D eigenvalue weighted by Gasteiger charge is 2.28. The molecule has 104 valence electrons. The molecule has 19 heavy (non-hydrogen) atoms. The van der Waals surface area contributed by atoms with Crippen molar-refractivity contribution in [2.24, 2.45) is 0 Å². The molecule has 2 N–H and O–H groups in total. The van der Waals surface area contributed by atoms with Gasteiger partial charge in [0.15, 0.2) is 0 Å². The quantitative estimate of drug-likeness (QED) is 0.570. The number of aryl methyl sites for hydroxylation is 1. The maximum atomic E-state index is 11.9. The minimum absolute atomic E-state index is 0.0122. The van der Waals surface area contributed by atoms with Crippen LogP contribution in [0.25, 0.3) is 0 Å². The summed E-state index contributed by atoms with van der Waals surface area (Å²) in [5, 5.41) is 0. The lowest BCUT2D eigenvalue weighted by atomic mass is 10.2. The van der Waals surface area contributed by atoms with E-state index in [9.17, 15) is 9.59 Å². The molecule has 0 saturated heterocycles. The highest BCUT2D eigenvalue weighted by molar-refractivity contribution is 5.94. The summed E-state index contributed by atoms with van der Waals surface area (Å²) < 4.78 is 4.77. The third-order valence-corrected chi connectivity index (χ3v) is 2.86. The van der Waals surface area contributed by atoms with Crippen molar-refractivity contribution < 1.29 is 14.4 Å². The van der Waals surface area contributed by atoms with Crippen molar-refractivity contribution in [3.8, 4) is 0 Å². The van der Waals surface area contributed by atoms with Crippen molar-refractivity contribution in [1.82, 2.24) is 15.4 Å². The fourth-order valence-electron chi connectivity index (χ4n) is 1.72. The van der Waals surface area contributed by atoms with Crippen LogP contribution in [0.3, 0.4) is 0 Å². The first-order valence-corrected chi connectivity index (χ1v) is 6.15. The van der Waals surface area contributed by atoms with Gasteiger partial charge in [-0.15, -0.1) is 0 Å². The lowest BCUT2D eigenvalue weighted by Crippen LogP contribution is -2.32. The van der Waals surface area contributed by atoms with E-state index in [-0.39, 0.29) is 12.2 Å². The molecule has 1 aliphatic carbocycles. The van der Waals surface area contributed by atoms with E-state index in [0.717, 1.165) is 12.8 Å². The Bertz CT molecular complexity index is 522. The van der Waals surface area contributed by atoms with E-state index in [1.165, 1.54) is 7.11 Å². The fraction of sp³-hybridized carbons (Fsp3) is 0.583. The predicted octanol–water partition coefficient (Wildman–Crippen LogP) is 0.264. The number of rotatable bonds is 6. The molecular formula is C12H17N3O4. The molecule has 0 atom stereocenters. The molecule has 1 saturated carbocycles. The first kappa shape index (κ1) is 13.7. The summed E-state index contributed by atoms with van der Waals surface area (Å²) in [5.41, 5.74) is 2.18. The van der Waals surface area contributed by atoms with E-state index in [0.29, 0.717) is 24.0 Å². The molecule has 0 bridgehead atoms. The number of nitrogens with one attached hydrogen (secondary N) is 2. The van der Waals surface area contributed by atoms with Crippen LogP contribution in [-0.2, 0) is 9.57 Å². The molecule has 1 fully saturated rings. The molecular weight excluding hydrogens is 250 g/mol. The smallest absolute Gasteiger partial charge is 0.282 e. The van der Waals surface area contributed by atoms with Crippen LogP contribution >= 0.6 is 0 Å². The SMILES string of the molecule is COCCONC(=O)c1c(C)nc(C2CC2)[nH]c1=O. The van der Waals surface area contributed by atoms with Gasteiger partial charge in [0.05, 0.1) is 18.9 Å². The Labute approximate surface area is 110 Å². The Morgan fingerprint density at radius 2 is 2.21 bits per heavy atom. The van der Waals surface area contributed by atoms with Crippen molar-refractivity contribution in [2.45, 2.75) is 25.7 Å². The lowest BCUT2D eigenvalue weighted by Gasteiger charge is -2.07. The molecule has 1 aromatic heterocycles. The number of amides is 1. The van der Waals surface area contributed by atoms with Gasteiger partial charge in [0.25, 0.3) is 11.5 Å². The minimum atomic E-state index is -0.593. The number of nitrogens with zero attached hydrogens (tertiary/aromatic N) is 1. The van der Waals surface area contributed by atoms with Crippen LogP contribution in [0.5, 0.6) is 0 Å². The Morgan fingerprint density at radius 1 is 1.47 bits per heavy atom. The number of ether oxygens (including phenoxy) is 1. The zero-order valence-corrected chi connectivity index (χ0v) is 11.0. The van der Waals surface area contributed by atoms with Crippen molar-refractivity contribution in [1.29, 1.82) is 0 Å². The summed E-state index contributed by atoms with van der Waals surface area (Å²) in [6.45, 7) is 2.21. The number of H-pyrrole nitrogens is 1. The molecule has 7 nitrogen and oxygen atoms in total. The van der Waals surface area contributed by atoms with Gasteiger partial charge >= 0.3 is 0 Å². The fourth-order valence-corrected chi connectivity index (χ4v) is 1.72. The summed E-state index contributed by atoms with van der Waals surface area (Å²) in [6.07, 6.45) is 2.07. The topological polar surface area (TPSA) is 93.3 Å². The number of hydrogen-bond acceptors (Lipinski definition) is 5. The van der Waals surface area contributed by atoms with Crippen LogP contribution in [-0.4, -0.2) is 36.2 Å². The number of hydrogen-bond donors (Lipinski definition) is 2. The van der Waals surface area contributed by atoms with E-state index in [1.807, 2.05) is 0 Å². The zero-order valence-electron chi connectivity index (χ0n) is 11.0. The summed E-state index contributed by atoms with van der Waals surface area (Å²) in [5.74, 6) is 0.408. The van der Waals surface area contributed by atoms with Gasteiger partial charge in [-0.3, -0.25) is 14.4 Å². The number of aromatic amines is 1. The van der Waals surface area contributed by atoms with E-state index < -0.39 is 11.5 Å². The normalized spacial score (nSPS) is 14.4. The Morgan fingerprint density at radius 3 is 2.79 bits per heavy atom. The second-order valence-electron chi connectivity index (χ2n) is 4.46. The molecule has 2 rings (SSSR count). The van der Waals surface area contributed by atoms with E-state index in [2.05, 4.69) is 15.4 Å². The van der Waals surface area contributed by atoms with Gasteiger partial charge in [-0.1, -0.05) is 0 Å². The zero-order chi connectivity index (χ0) is 13.8. The van der Waals surface area contributed by atoms with Gasteiger partial charge in [-0.25, -0.2) is 10.5 Å². The average Bonchev–Trinajstić information content (AvgIpc) is 3.18. The number of methoxy groups -OCH3 is 1. The Kier molecular flexibility index (Phi) is 4.28. The molecule has 0 radical (unpaired) electrons. The average molecular weight is 267 g/mol. The van der Waals surface area contributed by atoms with Crippen LogP contribution in [0, 0.1) is 6.92 Å². The largest absolute Gasteiger partial charge is 0.382 e. The third kappa shape index (κ3) is 3.39. The second-order valence-corrected chi connectivity index (χ2v) is 4.46. The first-order valence-electron chi connectivity index (χ1n) is 6.15. The molecule has 0 unspecified atom stereocenters. The molecule has 0 aromatic carbocycles. The molecule has 0 spiro atoms. The van der Waals surface area contributed by atoms with Crippen LogP contribution in [0.2, 0.25) is 0 Å². The lowest BCUT2D eigenvalue weighted by molar-refractivity contribution is 0.00871. The van der Waals surface area contributed by atoms with Crippen LogP contribution in [0.1, 0.15) is 40.6 Å². The van der Waals surface area contributed by atoms with Crippen LogP contribution < -0.4 is 11.0 Å². The Hall–Kier alpha value is -1.73. The molecule has 0 aliphatic heterocycles. The van der Waals surface area contributed by atoms with Gasteiger partial charge in [-0.2, -0.15) is 0 Å². The monoisotopic (exact) mass is 267 g/mol. The van der Waals surface area contributed by atoms with Gasteiger partial charge < -0.3 is 9.72 Å². The minimum Gasteiger partial charge on any atom is -0.382 e. The van der Waals surface area contributed by atoms with E-state index in [4.69, 9.17) is 9.57 Å². The number of hydroxylamine groups is 1. The predicted molar refractivity (Wildman–Crippen MR) is 66.9 cm³/mol. The molecule has 1 amide bonds. The van der Waals surface area contributed by atoms with Crippen LogP contribution in [0.4, 0.5) is 0 Å². The maximum Gasteiger partial charge on any atom is 0.282 e.